The minimum Gasteiger partial charge on any atom is -0.444 e. The molecule has 3 aromatic rings. The highest BCUT2D eigenvalue weighted by Gasteiger charge is 2.27. The fourth-order valence-electron chi connectivity index (χ4n) is 3.79. The molecular weight excluding hydrogens is 482 g/mol. The van der Waals surface area contributed by atoms with Crippen LogP contribution in [0, 0.1) is 12.8 Å². The molecule has 36 heavy (non-hydrogen) atoms. The summed E-state index contributed by atoms with van der Waals surface area (Å²) < 4.78 is 16.4. The van der Waals surface area contributed by atoms with Gasteiger partial charge in [-0.25, -0.2) is 14.4 Å². The second-order valence-electron chi connectivity index (χ2n) is 10.2. The van der Waals surface area contributed by atoms with Crippen molar-refractivity contribution in [3.8, 4) is 5.75 Å². The number of carbonyl (C=O) groups excluding carboxylic acids is 2. The fourth-order valence-corrected chi connectivity index (χ4v) is 3.99. The van der Waals surface area contributed by atoms with Gasteiger partial charge >= 0.3 is 17.7 Å². The summed E-state index contributed by atoms with van der Waals surface area (Å²) >= 11 is 6.47. The van der Waals surface area contributed by atoms with Crippen LogP contribution in [0.2, 0.25) is 5.02 Å². The summed E-state index contributed by atoms with van der Waals surface area (Å²) in [4.78, 5) is 38.0. The zero-order valence-electron chi connectivity index (χ0n) is 21.4. The smallest absolute Gasteiger partial charge is 0.408 e. The van der Waals surface area contributed by atoms with E-state index in [0.29, 0.717) is 23.8 Å². The number of ether oxygens (including phenoxy) is 2. The van der Waals surface area contributed by atoms with Gasteiger partial charge < -0.3 is 19.2 Å². The Labute approximate surface area is 215 Å². The highest BCUT2D eigenvalue weighted by molar-refractivity contribution is 6.33. The summed E-state index contributed by atoms with van der Waals surface area (Å²) in [7, 11) is 0. The van der Waals surface area contributed by atoms with Crippen LogP contribution in [-0.2, 0) is 16.0 Å². The number of rotatable bonds is 7. The average molecular weight is 514 g/mol. The Kier molecular flexibility index (Phi) is 8.46. The third-order valence-electron chi connectivity index (χ3n) is 5.46. The molecule has 8 heteroatoms. The Morgan fingerprint density at radius 1 is 1.11 bits per heavy atom. The van der Waals surface area contributed by atoms with Crippen LogP contribution in [-0.4, -0.2) is 23.7 Å². The third kappa shape index (κ3) is 7.10. The molecule has 1 N–H and O–H groups in total. The third-order valence-corrected chi connectivity index (χ3v) is 5.75. The van der Waals surface area contributed by atoms with E-state index in [1.54, 1.807) is 26.8 Å². The number of hydrogen-bond donors (Lipinski definition) is 1. The summed E-state index contributed by atoms with van der Waals surface area (Å²) in [5.74, 6) is -0.573. The summed E-state index contributed by atoms with van der Waals surface area (Å²) in [6, 6.07) is 11.7. The summed E-state index contributed by atoms with van der Waals surface area (Å²) in [5, 5.41) is 3.41. The van der Waals surface area contributed by atoms with Gasteiger partial charge in [-0.05, 0) is 57.2 Å². The van der Waals surface area contributed by atoms with Crippen LogP contribution in [0.1, 0.15) is 57.7 Å². The van der Waals surface area contributed by atoms with Crippen LogP contribution in [0.5, 0.6) is 5.75 Å². The van der Waals surface area contributed by atoms with E-state index in [2.05, 4.69) is 5.32 Å². The van der Waals surface area contributed by atoms with Gasteiger partial charge in [-0.15, -0.1) is 0 Å². The molecule has 0 aliphatic rings. The van der Waals surface area contributed by atoms with Crippen molar-refractivity contribution in [3.63, 3.8) is 0 Å². The van der Waals surface area contributed by atoms with Crippen LogP contribution < -0.4 is 15.7 Å². The number of benzene rings is 2. The van der Waals surface area contributed by atoms with Gasteiger partial charge in [-0.1, -0.05) is 55.8 Å². The predicted molar refractivity (Wildman–Crippen MR) is 140 cm³/mol. The van der Waals surface area contributed by atoms with E-state index in [1.807, 2.05) is 51.1 Å². The van der Waals surface area contributed by atoms with Crippen molar-refractivity contribution in [1.29, 1.82) is 0 Å². The molecule has 2 aromatic carbocycles. The lowest BCUT2D eigenvalue weighted by molar-refractivity contribution is -0.137. The SMILES string of the molecule is Cc1c(Cc2ccccc2)c(=O)oc2cc(OC(=O)C(CC(C)C)NC(=O)OC(C)(C)C)c(Cl)cc12. The molecule has 192 valence electrons. The molecule has 0 saturated heterocycles. The Morgan fingerprint density at radius 2 is 1.78 bits per heavy atom. The molecule has 0 fully saturated rings. The molecule has 7 nitrogen and oxygen atoms in total. The zero-order valence-corrected chi connectivity index (χ0v) is 22.2. The van der Waals surface area contributed by atoms with Crippen LogP contribution >= 0.6 is 11.6 Å². The zero-order chi connectivity index (χ0) is 26.6. The number of fused-ring (bicyclic) bond motifs is 1. The normalized spacial score (nSPS) is 12.4. The lowest BCUT2D eigenvalue weighted by Gasteiger charge is -2.23. The van der Waals surface area contributed by atoms with E-state index >= 15 is 0 Å². The molecule has 1 amide bonds. The van der Waals surface area contributed by atoms with E-state index in [4.69, 9.17) is 25.5 Å². The van der Waals surface area contributed by atoms with E-state index in [1.165, 1.54) is 6.07 Å². The van der Waals surface area contributed by atoms with Gasteiger partial charge in [0.2, 0.25) is 0 Å². The summed E-state index contributed by atoms with van der Waals surface area (Å²) in [6.07, 6.45) is 0.0367. The Morgan fingerprint density at radius 3 is 2.39 bits per heavy atom. The lowest BCUT2D eigenvalue weighted by atomic mass is 9.99. The molecule has 1 atom stereocenters. The standard InChI is InChI=1S/C28H32ClNO6/c1-16(2)12-22(30-27(33)36-28(4,5)6)26(32)35-24-15-23-19(14-21(24)29)17(3)20(25(31)34-23)13-18-10-8-7-9-11-18/h7-11,14-16,22H,12-13H2,1-6H3,(H,30,33). The summed E-state index contributed by atoms with van der Waals surface area (Å²) in [5.41, 5.74) is 1.34. The molecule has 0 radical (unpaired) electrons. The van der Waals surface area contributed by atoms with Crippen LogP contribution in [0.3, 0.4) is 0 Å². The van der Waals surface area contributed by atoms with Crippen molar-refractivity contribution in [1.82, 2.24) is 5.32 Å². The number of esters is 1. The van der Waals surface area contributed by atoms with Crippen molar-refractivity contribution in [2.75, 3.05) is 0 Å². The van der Waals surface area contributed by atoms with Crippen LogP contribution in [0.4, 0.5) is 4.79 Å². The first-order valence-electron chi connectivity index (χ1n) is 11.8. The fraction of sp³-hybridized carbons (Fsp3) is 0.393. The monoisotopic (exact) mass is 513 g/mol. The Balaban J connectivity index is 1.88. The van der Waals surface area contributed by atoms with E-state index in [9.17, 15) is 14.4 Å². The predicted octanol–water partition coefficient (Wildman–Crippen LogP) is 6.19. The topological polar surface area (TPSA) is 94.8 Å². The molecule has 1 heterocycles. The van der Waals surface area contributed by atoms with Gasteiger partial charge in [0.15, 0.2) is 5.75 Å². The maximum absolute atomic E-state index is 13.0. The number of nitrogens with one attached hydrogen (secondary N) is 1. The Bertz CT molecular complexity index is 1310. The number of hydrogen-bond acceptors (Lipinski definition) is 6. The molecule has 1 aromatic heterocycles. The van der Waals surface area contributed by atoms with Gasteiger partial charge in [-0.2, -0.15) is 0 Å². The molecule has 0 bridgehead atoms. The van der Waals surface area contributed by atoms with Crippen molar-refractivity contribution in [2.45, 2.75) is 66.0 Å². The second-order valence-corrected chi connectivity index (χ2v) is 10.6. The van der Waals surface area contributed by atoms with Gasteiger partial charge in [0.25, 0.3) is 0 Å². The van der Waals surface area contributed by atoms with Gasteiger partial charge in [0.1, 0.15) is 17.2 Å². The van der Waals surface area contributed by atoms with E-state index < -0.39 is 29.3 Å². The van der Waals surface area contributed by atoms with Crippen molar-refractivity contribution >= 4 is 34.6 Å². The first-order valence-corrected chi connectivity index (χ1v) is 12.2. The van der Waals surface area contributed by atoms with E-state index in [-0.39, 0.29) is 22.3 Å². The van der Waals surface area contributed by atoms with Crippen LogP contribution in [0.15, 0.2) is 51.7 Å². The maximum Gasteiger partial charge on any atom is 0.408 e. The van der Waals surface area contributed by atoms with Gasteiger partial charge in [-0.3, -0.25) is 0 Å². The molecular formula is C28H32ClNO6. The first kappa shape index (κ1) is 27.3. The molecule has 0 saturated carbocycles. The number of halogens is 1. The van der Waals surface area contributed by atoms with Crippen molar-refractivity contribution < 1.29 is 23.5 Å². The number of carbonyl (C=O) groups is 2. The second kappa shape index (κ2) is 11.2. The lowest BCUT2D eigenvalue weighted by Crippen LogP contribution is -2.45. The van der Waals surface area contributed by atoms with Crippen molar-refractivity contribution in [3.05, 3.63) is 74.6 Å². The minimum atomic E-state index is -0.950. The highest BCUT2D eigenvalue weighted by atomic mass is 35.5. The summed E-state index contributed by atoms with van der Waals surface area (Å²) in [6.45, 7) is 10.9. The van der Waals surface area contributed by atoms with E-state index in [0.717, 1.165) is 11.1 Å². The molecule has 0 aliphatic heterocycles. The molecule has 0 aliphatic carbocycles. The van der Waals surface area contributed by atoms with Gasteiger partial charge in [0, 0.05) is 23.4 Å². The number of amides is 1. The number of aryl methyl sites for hydroxylation is 1. The number of alkyl carbamates (subject to hydrolysis) is 1. The first-order chi connectivity index (χ1) is 16.8. The molecule has 0 spiro atoms. The Hall–Kier alpha value is -3.32. The van der Waals surface area contributed by atoms with Gasteiger partial charge in [0.05, 0.1) is 5.02 Å². The maximum atomic E-state index is 13.0. The van der Waals surface area contributed by atoms with Crippen molar-refractivity contribution in [2.24, 2.45) is 5.92 Å². The quantitative estimate of drug-likeness (QED) is 0.230. The molecule has 3 rings (SSSR count). The van der Waals surface area contributed by atoms with Crippen LogP contribution in [0.25, 0.3) is 11.0 Å². The minimum absolute atomic E-state index is 0.0345. The highest BCUT2D eigenvalue weighted by Crippen LogP contribution is 2.32. The average Bonchev–Trinajstić information content (AvgIpc) is 2.76. The largest absolute Gasteiger partial charge is 0.444 e. The molecule has 1 unspecified atom stereocenters.